The van der Waals surface area contributed by atoms with E-state index in [1.807, 2.05) is 6.20 Å². The molecule has 3 heteroatoms. The van der Waals surface area contributed by atoms with Crippen LogP contribution in [0.25, 0.3) is 5.69 Å². The second-order valence-electron chi connectivity index (χ2n) is 5.74. The molecule has 20 heavy (non-hydrogen) atoms. The van der Waals surface area contributed by atoms with Crippen molar-refractivity contribution in [1.29, 1.82) is 0 Å². The average Bonchev–Trinajstić information content (AvgIpc) is 3.17. The van der Waals surface area contributed by atoms with Gasteiger partial charge in [0, 0.05) is 37.1 Å². The van der Waals surface area contributed by atoms with Gasteiger partial charge in [-0.15, -0.1) is 0 Å². The van der Waals surface area contributed by atoms with Gasteiger partial charge in [0.2, 0.25) is 0 Å². The van der Waals surface area contributed by atoms with E-state index in [1.54, 1.807) is 0 Å². The highest BCUT2D eigenvalue weighted by atomic mass is 15.1. The van der Waals surface area contributed by atoms with Crippen LogP contribution < -0.4 is 5.32 Å². The van der Waals surface area contributed by atoms with Gasteiger partial charge in [0.1, 0.15) is 5.82 Å². The first-order valence-electron chi connectivity index (χ1n) is 7.63. The molecule has 106 valence electrons. The van der Waals surface area contributed by atoms with E-state index in [2.05, 4.69) is 53.1 Å². The topological polar surface area (TPSA) is 29.9 Å². The normalized spacial score (nSPS) is 14.7. The van der Waals surface area contributed by atoms with E-state index >= 15 is 0 Å². The molecule has 0 aliphatic heterocycles. The summed E-state index contributed by atoms with van der Waals surface area (Å²) in [5, 5.41) is 3.57. The van der Waals surface area contributed by atoms with Crippen LogP contribution >= 0.6 is 0 Å². The van der Waals surface area contributed by atoms with Crippen LogP contribution in [-0.4, -0.2) is 15.6 Å². The predicted octanol–water partition coefficient (Wildman–Crippen LogP) is 3.39. The van der Waals surface area contributed by atoms with Gasteiger partial charge in [-0.25, -0.2) is 4.98 Å². The van der Waals surface area contributed by atoms with Gasteiger partial charge in [-0.3, -0.25) is 0 Å². The molecule has 0 unspecified atom stereocenters. The molecule has 1 aliphatic rings. The number of nitrogens with one attached hydrogen (secondary N) is 1. The fraction of sp³-hybridized carbons (Fsp3) is 0.471. The van der Waals surface area contributed by atoms with Crippen LogP contribution in [0, 0.1) is 6.92 Å². The molecule has 0 spiro atoms. The number of hydrogen-bond acceptors (Lipinski definition) is 2. The Labute approximate surface area is 121 Å². The Hall–Kier alpha value is -1.61. The largest absolute Gasteiger partial charge is 0.310 e. The predicted molar refractivity (Wildman–Crippen MR) is 82.2 cm³/mol. The Morgan fingerprint density at radius 3 is 2.90 bits per heavy atom. The number of aromatic nitrogens is 2. The Morgan fingerprint density at radius 1 is 1.35 bits per heavy atom. The molecule has 0 atom stereocenters. The number of benzene rings is 1. The molecule has 0 radical (unpaired) electrons. The average molecular weight is 269 g/mol. The molecule has 0 saturated heterocycles. The van der Waals surface area contributed by atoms with Crippen LogP contribution in [0.3, 0.4) is 0 Å². The summed E-state index contributed by atoms with van der Waals surface area (Å²) in [6.45, 7) is 5.36. The molecule has 1 N–H and O–H groups in total. The first-order chi connectivity index (χ1) is 9.78. The third kappa shape index (κ3) is 2.93. The Kier molecular flexibility index (Phi) is 3.88. The van der Waals surface area contributed by atoms with Crippen molar-refractivity contribution >= 4 is 0 Å². The highest BCUT2D eigenvalue weighted by Gasteiger charge is 2.20. The van der Waals surface area contributed by atoms with Gasteiger partial charge in [0.25, 0.3) is 0 Å². The molecule has 0 bridgehead atoms. The van der Waals surface area contributed by atoms with Crippen molar-refractivity contribution < 1.29 is 0 Å². The van der Waals surface area contributed by atoms with Gasteiger partial charge >= 0.3 is 0 Å². The lowest BCUT2D eigenvalue weighted by atomic mass is 10.1. The summed E-state index contributed by atoms with van der Waals surface area (Å²) >= 11 is 0. The summed E-state index contributed by atoms with van der Waals surface area (Å²) in [6.07, 6.45) is 8.79. The zero-order valence-corrected chi connectivity index (χ0v) is 12.4. The second kappa shape index (κ2) is 5.80. The van der Waals surface area contributed by atoms with Gasteiger partial charge in [0.15, 0.2) is 0 Å². The zero-order valence-electron chi connectivity index (χ0n) is 12.4. The lowest BCUT2D eigenvalue weighted by molar-refractivity contribution is 0.687. The van der Waals surface area contributed by atoms with Crippen molar-refractivity contribution in [2.45, 2.75) is 52.1 Å². The fourth-order valence-corrected chi connectivity index (χ4v) is 2.61. The quantitative estimate of drug-likeness (QED) is 0.871. The maximum Gasteiger partial charge on any atom is 0.113 e. The minimum atomic E-state index is 0.764. The molecule has 0 amide bonds. The summed E-state index contributed by atoms with van der Waals surface area (Å²) in [7, 11) is 0. The summed E-state index contributed by atoms with van der Waals surface area (Å²) in [5.41, 5.74) is 3.94. The minimum absolute atomic E-state index is 0.764. The Morgan fingerprint density at radius 2 is 2.20 bits per heavy atom. The van der Waals surface area contributed by atoms with E-state index < -0.39 is 0 Å². The summed E-state index contributed by atoms with van der Waals surface area (Å²) < 4.78 is 2.22. The molecule has 1 heterocycles. The number of rotatable bonds is 6. The fourth-order valence-electron chi connectivity index (χ4n) is 2.61. The molecule has 1 aliphatic carbocycles. The maximum absolute atomic E-state index is 4.46. The van der Waals surface area contributed by atoms with Crippen LogP contribution in [0.2, 0.25) is 0 Å². The molecule has 1 aromatic carbocycles. The van der Waals surface area contributed by atoms with E-state index in [1.165, 1.54) is 29.7 Å². The number of hydrogen-bond donors (Lipinski definition) is 1. The minimum Gasteiger partial charge on any atom is -0.310 e. The summed E-state index contributed by atoms with van der Waals surface area (Å²) in [5.74, 6) is 1.15. The van der Waals surface area contributed by atoms with Gasteiger partial charge in [-0.2, -0.15) is 0 Å². The van der Waals surface area contributed by atoms with E-state index in [4.69, 9.17) is 0 Å². The van der Waals surface area contributed by atoms with Crippen molar-refractivity contribution in [3.05, 3.63) is 47.5 Å². The molecular formula is C17H23N3. The third-order valence-corrected chi connectivity index (χ3v) is 3.88. The first kappa shape index (κ1) is 13.4. The number of nitrogens with zero attached hydrogens (tertiary/aromatic N) is 2. The first-order valence-corrected chi connectivity index (χ1v) is 7.63. The summed E-state index contributed by atoms with van der Waals surface area (Å²) in [6, 6.07) is 7.51. The van der Waals surface area contributed by atoms with Crippen molar-refractivity contribution in [3.63, 3.8) is 0 Å². The van der Waals surface area contributed by atoms with Crippen molar-refractivity contribution in [2.75, 3.05) is 0 Å². The molecular weight excluding hydrogens is 246 g/mol. The van der Waals surface area contributed by atoms with Gasteiger partial charge in [0.05, 0.1) is 0 Å². The molecule has 1 aromatic heterocycles. The number of imidazole rings is 1. The SMILES string of the molecule is CCCc1nccn1-c1ccc(CNC2CC2)cc1C. The molecule has 3 nitrogen and oxygen atoms in total. The number of aryl methyl sites for hydroxylation is 2. The highest BCUT2D eigenvalue weighted by molar-refractivity contribution is 5.43. The maximum atomic E-state index is 4.46. The smallest absolute Gasteiger partial charge is 0.113 e. The highest BCUT2D eigenvalue weighted by Crippen LogP contribution is 2.21. The van der Waals surface area contributed by atoms with E-state index in [0.29, 0.717) is 0 Å². The lowest BCUT2D eigenvalue weighted by Gasteiger charge is -2.12. The molecule has 1 saturated carbocycles. The standard InChI is InChI=1S/C17H23N3/c1-3-4-17-18-9-10-20(17)16-8-5-14(11-13(16)2)12-19-15-6-7-15/h5,8-11,15,19H,3-4,6-7,12H2,1-2H3. The van der Waals surface area contributed by atoms with Crippen LogP contribution in [-0.2, 0) is 13.0 Å². The Balaban J connectivity index is 1.80. The Bertz CT molecular complexity index is 582. The van der Waals surface area contributed by atoms with Crippen molar-refractivity contribution in [1.82, 2.24) is 14.9 Å². The molecule has 3 rings (SSSR count). The molecule has 2 aromatic rings. The molecule has 1 fully saturated rings. The van der Waals surface area contributed by atoms with Crippen LogP contribution in [0.5, 0.6) is 0 Å². The van der Waals surface area contributed by atoms with Gasteiger partial charge in [-0.05, 0) is 43.4 Å². The van der Waals surface area contributed by atoms with Crippen LogP contribution in [0.1, 0.15) is 43.1 Å². The third-order valence-electron chi connectivity index (χ3n) is 3.88. The van der Waals surface area contributed by atoms with E-state index in [-0.39, 0.29) is 0 Å². The van der Waals surface area contributed by atoms with E-state index in [9.17, 15) is 0 Å². The van der Waals surface area contributed by atoms with Gasteiger partial charge < -0.3 is 9.88 Å². The van der Waals surface area contributed by atoms with Crippen molar-refractivity contribution in [3.8, 4) is 5.69 Å². The van der Waals surface area contributed by atoms with Gasteiger partial charge in [-0.1, -0.05) is 19.1 Å². The zero-order chi connectivity index (χ0) is 13.9. The summed E-state index contributed by atoms with van der Waals surface area (Å²) in [4.78, 5) is 4.46. The second-order valence-corrected chi connectivity index (χ2v) is 5.74. The van der Waals surface area contributed by atoms with Crippen LogP contribution in [0.15, 0.2) is 30.6 Å². The van der Waals surface area contributed by atoms with E-state index in [0.717, 1.165) is 31.3 Å². The lowest BCUT2D eigenvalue weighted by Crippen LogP contribution is -2.15. The monoisotopic (exact) mass is 269 g/mol. The van der Waals surface area contributed by atoms with Crippen molar-refractivity contribution in [2.24, 2.45) is 0 Å². The van der Waals surface area contributed by atoms with Crippen LogP contribution in [0.4, 0.5) is 0 Å².